The molecule has 1 amide bonds. The summed E-state index contributed by atoms with van der Waals surface area (Å²) >= 11 is 0. The number of amides is 1. The van der Waals surface area contributed by atoms with E-state index in [1.54, 1.807) is 0 Å². The Hall–Kier alpha value is -1.35. The van der Waals surface area contributed by atoms with Crippen LogP contribution in [-0.4, -0.2) is 12.5 Å². The average molecular weight is 234 g/mol. The molecule has 1 aromatic carbocycles. The molecule has 1 atom stereocenters. The molecule has 0 saturated heterocycles. The van der Waals surface area contributed by atoms with E-state index in [9.17, 15) is 4.79 Å². The molecule has 0 saturated carbocycles. The van der Waals surface area contributed by atoms with Crippen LogP contribution >= 0.6 is 0 Å². The summed E-state index contributed by atoms with van der Waals surface area (Å²) in [6.45, 7) is 5.24. The van der Waals surface area contributed by atoms with Crippen molar-refractivity contribution in [3.05, 3.63) is 35.4 Å². The van der Waals surface area contributed by atoms with Crippen molar-refractivity contribution >= 4 is 5.91 Å². The van der Waals surface area contributed by atoms with E-state index in [1.807, 2.05) is 19.1 Å². The second-order valence-corrected chi connectivity index (χ2v) is 4.39. The second-order valence-electron chi connectivity index (χ2n) is 4.39. The molecule has 0 radical (unpaired) electrons. The molecule has 0 fully saturated rings. The van der Waals surface area contributed by atoms with Gasteiger partial charge in [-0.2, -0.15) is 0 Å². The predicted molar refractivity (Wildman–Crippen MR) is 70.5 cm³/mol. The number of carbonyl (C=O) groups is 1. The molecule has 17 heavy (non-hydrogen) atoms. The van der Waals surface area contributed by atoms with Crippen LogP contribution in [0.4, 0.5) is 0 Å². The van der Waals surface area contributed by atoms with Crippen LogP contribution in [0.2, 0.25) is 0 Å². The third-order valence-corrected chi connectivity index (χ3v) is 2.97. The lowest BCUT2D eigenvalue weighted by Crippen LogP contribution is -2.31. The lowest BCUT2D eigenvalue weighted by Gasteiger charge is -2.13. The minimum Gasteiger partial charge on any atom is -0.352 e. The maximum Gasteiger partial charge on any atom is 0.223 e. The third kappa shape index (κ3) is 4.57. The van der Waals surface area contributed by atoms with Crippen molar-refractivity contribution in [3.63, 3.8) is 0 Å². The topological polar surface area (TPSA) is 55.1 Å². The normalized spacial score (nSPS) is 12.2. The summed E-state index contributed by atoms with van der Waals surface area (Å²) in [6, 6.07) is 8.19. The molecule has 1 rings (SSSR count). The predicted octanol–water partition coefficient (Wildman–Crippen LogP) is 1.99. The van der Waals surface area contributed by atoms with Crippen LogP contribution in [-0.2, 0) is 11.3 Å². The zero-order valence-electron chi connectivity index (χ0n) is 10.7. The first-order valence-electron chi connectivity index (χ1n) is 6.20. The minimum atomic E-state index is 0.0467. The highest BCUT2D eigenvalue weighted by atomic mass is 16.1. The van der Waals surface area contributed by atoms with Crippen molar-refractivity contribution in [3.8, 4) is 0 Å². The van der Waals surface area contributed by atoms with Crippen LogP contribution in [0.25, 0.3) is 0 Å². The summed E-state index contributed by atoms with van der Waals surface area (Å²) in [5.41, 5.74) is 7.85. The molecule has 94 valence electrons. The van der Waals surface area contributed by atoms with Gasteiger partial charge in [-0.05, 0) is 31.9 Å². The highest BCUT2D eigenvalue weighted by molar-refractivity contribution is 5.78. The Morgan fingerprint density at radius 2 is 2.00 bits per heavy atom. The number of carbonyl (C=O) groups excluding carboxylic acids is 1. The van der Waals surface area contributed by atoms with Gasteiger partial charge in [0.1, 0.15) is 0 Å². The SMILES string of the molecule is CCC(CCN)C(=O)NCc1ccc(C)cc1. The minimum absolute atomic E-state index is 0.0467. The van der Waals surface area contributed by atoms with Gasteiger partial charge in [0.25, 0.3) is 0 Å². The van der Waals surface area contributed by atoms with Crippen LogP contribution < -0.4 is 11.1 Å². The zero-order valence-corrected chi connectivity index (χ0v) is 10.7. The van der Waals surface area contributed by atoms with E-state index in [4.69, 9.17) is 5.73 Å². The summed E-state index contributed by atoms with van der Waals surface area (Å²) in [4.78, 5) is 11.8. The maximum atomic E-state index is 11.8. The first kappa shape index (κ1) is 13.7. The Morgan fingerprint density at radius 3 is 2.53 bits per heavy atom. The molecule has 0 aliphatic rings. The lowest BCUT2D eigenvalue weighted by molar-refractivity contribution is -0.125. The van der Waals surface area contributed by atoms with Crippen LogP contribution in [0.5, 0.6) is 0 Å². The smallest absolute Gasteiger partial charge is 0.223 e. The van der Waals surface area contributed by atoms with Crippen molar-refractivity contribution in [2.24, 2.45) is 11.7 Å². The molecule has 0 aromatic heterocycles. The molecule has 3 heteroatoms. The molecule has 3 N–H and O–H groups in total. The fraction of sp³-hybridized carbons (Fsp3) is 0.500. The highest BCUT2D eigenvalue weighted by Crippen LogP contribution is 2.08. The summed E-state index contributed by atoms with van der Waals surface area (Å²) < 4.78 is 0. The van der Waals surface area contributed by atoms with E-state index < -0.39 is 0 Å². The molecule has 0 aliphatic carbocycles. The standard InChI is InChI=1S/C14H22N2O/c1-3-13(8-9-15)14(17)16-10-12-6-4-11(2)5-7-12/h4-7,13H,3,8-10,15H2,1-2H3,(H,16,17). The molecular formula is C14H22N2O. The van der Waals surface area contributed by atoms with Crippen LogP contribution in [0.15, 0.2) is 24.3 Å². The van der Waals surface area contributed by atoms with Crippen molar-refractivity contribution in [1.29, 1.82) is 0 Å². The molecule has 3 nitrogen and oxygen atoms in total. The Bertz CT molecular complexity index is 346. The number of hydrogen-bond donors (Lipinski definition) is 2. The molecule has 0 heterocycles. The van der Waals surface area contributed by atoms with Gasteiger partial charge >= 0.3 is 0 Å². The average Bonchev–Trinajstić information content (AvgIpc) is 2.35. The molecule has 0 spiro atoms. The number of nitrogens with two attached hydrogens (primary N) is 1. The number of aryl methyl sites for hydroxylation is 1. The fourth-order valence-electron chi connectivity index (χ4n) is 1.76. The zero-order chi connectivity index (χ0) is 12.7. The quantitative estimate of drug-likeness (QED) is 0.791. The first-order valence-corrected chi connectivity index (χ1v) is 6.20. The fourth-order valence-corrected chi connectivity index (χ4v) is 1.76. The van der Waals surface area contributed by atoms with Crippen molar-refractivity contribution in [1.82, 2.24) is 5.32 Å². The van der Waals surface area contributed by atoms with Gasteiger partial charge in [-0.3, -0.25) is 4.79 Å². The monoisotopic (exact) mass is 234 g/mol. The van der Waals surface area contributed by atoms with Gasteiger partial charge in [0.2, 0.25) is 5.91 Å². The van der Waals surface area contributed by atoms with Crippen LogP contribution in [0, 0.1) is 12.8 Å². The molecular weight excluding hydrogens is 212 g/mol. The van der Waals surface area contributed by atoms with Gasteiger partial charge < -0.3 is 11.1 Å². The first-order chi connectivity index (χ1) is 8.17. The van der Waals surface area contributed by atoms with Gasteiger partial charge in [-0.1, -0.05) is 36.8 Å². The molecule has 0 bridgehead atoms. The Labute approximate surface area is 103 Å². The molecule has 1 aromatic rings. The maximum absolute atomic E-state index is 11.8. The third-order valence-electron chi connectivity index (χ3n) is 2.97. The number of benzene rings is 1. The van der Waals surface area contributed by atoms with E-state index in [-0.39, 0.29) is 11.8 Å². The second kappa shape index (κ2) is 7.07. The van der Waals surface area contributed by atoms with E-state index in [0.29, 0.717) is 13.1 Å². The Balaban J connectivity index is 2.44. The largest absolute Gasteiger partial charge is 0.352 e. The number of hydrogen-bond acceptors (Lipinski definition) is 2. The van der Waals surface area contributed by atoms with E-state index in [1.165, 1.54) is 5.56 Å². The van der Waals surface area contributed by atoms with Gasteiger partial charge in [-0.15, -0.1) is 0 Å². The highest BCUT2D eigenvalue weighted by Gasteiger charge is 2.14. The lowest BCUT2D eigenvalue weighted by atomic mass is 10.0. The van der Waals surface area contributed by atoms with Crippen molar-refractivity contribution in [2.45, 2.75) is 33.2 Å². The summed E-state index contributed by atoms with van der Waals surface area (Å²) in [5, 5.41) is 2.96. The molecule has 1 unspecified atom stereocenters. The van der Waals surface area contributed by atoms with Gasteiger partial charge in [0.15, 0.2) is 0 Å². The van der Waals surface area contributed by atoms with Crippen LogP contribution in [0.1, 0.15) is 30.9 Å². The van der Waals surface area contributed by atoms with Gasteiger partial charge in [-0.25, -0.2) is 0 Å². The molecule has 0 aliphatic heterocycles. The van der Waals surface area contributed by atoms with Crippen LogP contribution in [0.3, 0.4) is 0 Å². The Morgan fingerprint density at radius 1 is 1.35 bits per heavy atom. The van der Waals surface area contributed by atoms with Gasteiger partial charge in [0.05, 0.1) is 0 Å². The summed E-state index contributed by atoms with van der Waals surface area (Å²) in [6.07, 6.45) is 1.60. The van der Waals surface area contributed by atoms with E-state index in [2.05, 4.69) is 24.4 Å². The van der Waals surface area contributed by atoms with E-state index in [0.717, 1.165) is 18.4 Å². The van der Waals surface area contributed by atoms with Crippen molar-refractivity contribution in [2.75, 3.05) is 6.54 Å². The van der Waals surface area contributed by atoms with Crippen molar-refractivity contribution < 1.29 is 4.79 Å². The number of rotatable bonds is 6. The summed E-state index contributed by atoms with van der Waals surface area (Å²) in [7, 11) is 0. The Kier molecular flexibility index (Phi) is 5.70. The van der Waals surface area contributed by atoms with Gasteiger partial charge in [0, 0.05) is 12.5 Å². The van der Waals surface area contributed by atoms with E-state index >= 15 is 0 Å². The summed E-state index contributed by atoms with van der Waals surface area (Å²) in [5.74, 6) is 0.156. The number of nitrogens with one attached hydrogen (secondary N) is 1.